The molecule has 2 aromatic heterocycles. The SMILES string of the molecule is O=C(NCc1ccncc1)c1cccc(N2CCCCC2)n1. The lowest BCUT2D eigenvalue weighted by molar-refractivity contribution is 0.0946. The van der Waals surface area contributed by atoms with E-state index in [0.717, 1.165) is 24.5 Å². The molecule has 0 atom stereocenters. The minimum absolute atomic E-state index is 0.143. The predicted molar refractivity (Wildman–Crippen MR) is 85.7 cm³/mol. The number of nitrogens with zero attached hydrogens (tertiary/aromatic N) is 3. The van der Waals surface area contributed by atoms with Gasteiger partial charge >= 0.3 is 0 Å². The first kappa shape index (κ1) is 14.5. The van der Waals surface area contributed by atoms with Crippen LogP contribution in [0.1, 0.15) is 35.3 Å². The molecule has 1 N–H and O–H groups in total. The molecule has 0 saturated carbocycles. The standard InChI is InChI=1S/C17H20N4O/c22-17(19-13-14-7-9-18-10-8-14)15-5-4-6-16(20-15)21-11-2-1-3-12-21/h4-10H,1-3,11-13H2,(H,19,22). The van der Waals surface area contributed by atoms with Crippen molar-refractivity contribution < 1.29 is 4.79 Å². The Morgan fingerprint density at radius 3 is 2.64 bits per heavy atom. The number of anilines is 1. The van der Waals surface area contributed by atoms with E-state index in [4.69, 9.17) is 0 Å². The number of hydrogen-bond donors (Lipinski definition) is 1. The number of amides is 1. The van der Waals surface area contributed by atoms with Crippen molar-refractivity contribution in [1.82, 2.24) is 15.3 Å². The average molecular weight is 296 g/mol. The summed E-state index contributed by atoms with van der Waals surface area (Å²) in [4.78, 5) is 23.0. The van der Waals surface area contributed by atoms with E-state index < -0.39 is 0 Å². The number of carbonyl (C=O) groups excluding carboxylic acids is 1. The second kappa shape index (κ2) is 7.02. The van der Waals surface area contributed by atoms with E-state index in [1.54, 1.807) is 18.5 Å². The molecule has 0 bridgehead atoms. The number of aromatic nitrogens is 2. The summed E-state index contributed by atoms with van der Waals surface area (Å²) < 4.78 is 0. The summed E-state index contributed by atoms with van der Waals surface area (Å²) in [6.07, 6.45) is 7.11. The third-order valence-corrected chi connectivity index (χ3v) is 3.85. The summed E-state index contributed by atoms with van der Waals surface area (Å²) in [5.74, 6) is 0.756. The maximum atomic E-state index is 12.2. The number of nitrogens with one attached hydrogen (secondary N) is 1. The second-order valence-corrected chi connectivity index (χ2v) is 5.47. The van der Waals surface area contributed by atoms with Crippen LogP contribution in [0.4, 0.5) is 5.82 Å². The lowest BCUT2D eigenvalue weighted by atomic mass is 10.1. The number of carbonyl (C=O) groups is 1. The Kier molecular flexibility index (Phi) is 4.63. The Hall–Kier alpha value is -2.43. The van der Waals surface area contributed by atoms with E-state index in [0.29, 0.717) is 12.2 Å². The first-order valence-electron chi connectivity index (χ1n) is 7.72. The maximum absolute atomic E-state index is 12.2. The van der Waals surface area contributed by atoms with E-state index >= 15 is 0 Å². The summed E-state index contributed by atoms with van der Waals surface area (Å²) in [6.45, 7) is 2.53. The highest BCUT2D eigenvalue weighted by molar-refractivity contribution is 5.92. The highest BCUT2D eigenvalue weighted by Gasteiger charge is 2.14. The average Bonchev–Trinajstić information content (AvgIpc) is 2.61. The van der Waals surface area contributed by atoms with Crippen molar-refractivity contribution in [3.63, 3.8) is 0 Å². The molecule has 1 amide bonds. The van der Waals surface area contributed by atoms with Crippen molar-refractivity contribution >= 4 is 11.7 Å². The van der Waals surface area contributed by atoms with Gasteiger partial charge in [0.15, 0.2) is 0 Å². The molecule has 5 nitrogen and oxygen atoms in total. The predicted octanol–water partition coefficient (Wildman–Crippen LogP) is 2.40. The van der Waals surface area contributed by atoms with E-state index in [1.165, 1.54) is 19.3 Å². The van der Waals surface area contributed by atoms with E-state index in [9.17, 15) is 4.79 Å². The van der Waals surface area contributed by atoms with Gasteiger partial charge in [0.05, 0.1) is 0 Å². The molecule has 1 fully saturated rings. The first-order chi connectivity index (χ1) is 10.8. The fourth-order valence-corrected chi connectivity index (χ4v) is 2.62. The highest BCUT2D eigenvalue weighted by atomic mass is 16.1. The van der Waals surface area contributed by atoms with Crippen LogP contribution in [0.2, 0.25) is 0 Å². The molecule has 0 radical (unpaired) electrons. The van der Waals surface area contributed by atoms with E-state index in [-0.39, 0.29) is 5.91 Å². The summed E-state index contributed by atoms with van der Waals surface area (Å²) in [5.41, 5.74) is 1.49. The topological polar surface area (TPSA) is 58.1 Å². The van der Waals surface area contributed by atoms with Gasteiger partial charge in [-0.1, -0.05) is 6.07 Å². The Morgan fingerprint density at radius 2 is 1.86 bits per heavy atom. The van der Waals surface area contributed by atoms with Crippen LogP contribution in [0.15, 0.2) is 42.7 Å². The maximum Gasteiger partial charge on any atom is 0.270 e. The number of piperidine rings is 1. The zero-order chi connectivity index (χ0) is 15.2. The minimum atomic E-state index is -0.143. The molecule has 5 heteroatoms. The van der Waals surface area contributed by atoms with Gasteiger partial charge in [-0.15, -0.1) is 0 Å². The van der Waals surface area contributed by atoms with Gasteiger partial charge in [-0.3, -0.25) is 9.78 Å². The van der Waals surface area contributed by atoms with Gasteiger partial charge in [0.1, 0.15) is 11.5 Å². The van der Waals surface area contributed by atoms with E-state index in [1.807, 2.05) is 24.3 Å². The van der Waals surface area contributed by atoms with Crippen LogP contribution in [0.25, 0.3) is 0 Å². The summed E-state index contributed by atoms with van der Waals surface area (Å²) >= 11 is 0. The Labute approximate surface area is 130 Å². The molecule has 1 aliphatic heterocycles. The fraction of sp³-hybridized carbons (Fsp3) is 0.353. The van der Waals surface area contributed by atoms with Gasteiger partial charge in [-0.2, -0.15) is 0 Å². The van der Waals surface area contributed by atoms with Gasteiger partial charge in [-0.25, -0.2) is 4.98 Å². The molecule has 1 saturated heterocycles. The minimum Gasteiger partial charge on any atom is -0.357 e. The van der Waals surface area contributed by atoms with Crippen LogP contribution in [-0.4, -0.2) is 29.0 Å². The van der Waals surface area contributed by atoms with Crippen molar-refractivity contribution in [2.45, 2.75) is 25.8 Å². The van der Waals surface area contributed by atoms with Crippen LogP contribution in [0.3, 0.4) is 0 Å². The molecule has 0 aliphatic carbocycles. The van der Waals surface area contributed by atoms with Crippen LogP contribution in [0.5, 0.6) is 0 Å². The lowest BCUT2D eigenvalue weighted by Gasteiger charge is -2.27. The number of pyridine rings is 2. The largest absolute Gasteiger partial charge is 0.357 e. The van der Waals surface area contributed by atoms with Gasteiger partial charge in [0.2, 0.25) is 0 Å². The third-order valence-electron chi connectivity index (χ3n) is 3.85. The smallest absolute Gasteiger partial charge is 0.270 e. The Balaban J connectivity index is 1.64. The van der Waals surface area contributed by atoms with Crippen LogP contribution in [-0.2, 0) is 6.54 Å². The van der Waals surface area contributed by atoms with Crippen molar-refractivity contribution in [3.8, 4) is 0 Å². The molecule has 114 valence electrons. The molecule has 2 aromatic rings. The molecular formula is C17H20N4O. The fourth-order valence-electron chi connectivity index (χ4n) is 2.62. The third kappa shape index (κ3) is 3.61. The van der Waals surface area contributed by atoms with Gasteiger partial charge in [-0.05, 0) is 49.1 Å². The summed E-state index contributed by atoms with van der Waals surface area (Å²) in [6, 6.07) is 9.41. The summed E-state index contributed by atoms with van der Waals surface area (Å²) in [5, 5.41) is 2.90. The molecule has 0 spiro atoms. The van der Waals surface area contributed by atoms with Crippen molar-refractivity contribution in [2.24, 2.45) is 0 Å². The second-order valence-electron chi connectivity index (χ2n) is 5.47. The normalized spacial score (nSPS) is 14.6. The monoisotopic (exact) mass is 296 g/mol. The molecule has 0 unspecified atom stereocenters. The molecule has 3 heterocycles. The van der Waals surface area contributed by atoms with Gasteiger partial charge in [0, 0.05) is 32.0 Å². The van der Waals surface area contributed by atoms with Gasteiger partial charge in [0.25, 0.3) is 5.91 Å². The Morgan fingerprint density at radius 1 is 1.09 bits per heavy atom. The lowest BCUT2D eigenvalue weighted by Crippen LogP contribution is -2.31. The van der Waals surface area contributed by atoms with Crippen LogP contribution < -0.4 is 10.2 Å². The molecule has 1 aliphatic rings. The summed E-state index contributed by atoms with van der Waals surface area (Å²) in [7, 11) is 0. The Bertz CT molecular complexity index is 624. The van der Waals surface area contributed by atoms with Crippen LogP contribution in [0, 0.1) is 0 Å². The zero-order valence-electron chi connectivity index (χ0n) is 12.5. The molecule has 0 aromatic carbocycles. The van der Waals surface area contributed by atoms with Crippen LogP contribution >= 0.6 is 0 Å². The molecular weight excluding hydrogens is 276 g/mol. The molecule has 22 heavy (non-hydrogen) atoms. The quantitative estimate of drug-likeness (QED) is 0.941. The van der Waals surface area contributed by atoms with Gasteiger partial charge < -0.3 is 10.2 Å². The first-order valence-corrected chi connectivity index (χ1v) is 7.72. The van der Waals surface area contributed by atoms with Crippen molar-refractivity contribution in [1.29, 1.82) is 0 Å². The number of rotatable bonds is 4. The van der Waals surface area contributed by atoms with Crippen molar-refractivity contribution in [2.75, 3.05) is 18.0 Å². The highest BCUT2D eigenvalue weighted by Crippen LogP contribution is 2.17. The number of hydrogen-bond acceptors (Lipinski definition) is 4. The van der Waals surface area contributed by atoms with E-state index in [2.05, 4.69) is 20.2 Å². The van der Waals surface area contributed by atoms with Crippen molar-refractivity contribution in [3.05, 3.63) is 54.0 Å². The molecule has 3 rings (SSSR count). The zero-order valence-corrected chi connectivity index (χ0v) is 12.5.